The first kappa shape index (κ1) is 61.6. The number of carbonyl (C=O) groups is 5. The van der Waals surface area contributed by atoms with Gasteiger partial charge in [0, 0.05) is 58.6 Å². The molecule has 319 valence electrons. The number of primary amides is 2. The fraction of sp³-hybridized carbons (Fsp3) is 0.676. The molecular weight excluding hydrogens is 793 g/mol. The van der Waals surface area contributed by atoms with Gasteiger partial charge >= 0.3 is 6.03 Å². The van der Waals surface area contributed by atoms with Crippen LogP contribution in [0.4, 0.5) is 4.79 Å². The molecule has 0 aromatic heterocycles. The number of rotatable bonds is 28. The van der Waals surface area contributed by atoms with Crippen LogP contribution in [-0.4, -0.2) is 120 Å². The van der Waals surface area contributed by atoms with E-state index in [0.29, 0.717) is 78.6 Å². The molecule has 17 nitrogen and oxygen atoms in total. The Hall–Kier alpha value is -2.61. The van der Waals surface area contributed by atoms with Crippen LogP contribution in [0.25, 0.3) is 0 Å². The molecule has 1 aromatic rings. The standard InChI is InChI=1S/C20H38N2O7.C7H16N4O2.C7H8O2.C2H6.CH3.Y/c1-4-5-19(24)21-7-9-27-11-13-29-15-14-28-12-10-26-8-6-20(25)22-18(16-23)17(2)3;1-10-5(6(8)12)3-2-4-11-7(9)13;8-9-6-7-4-2-1-3-5-7;1-2;;/h16-18H,4-15H2,1-3H3,(H,21,24)(H,22,25);5,10H,2-4H2,1H3,(H2,8,12)(H3,9,11,13);1-5,8H,6H2;1-2H3;1H3;/q;;;;-1;. The molecule has 1 aromatic carbocycles. The second kappa shape index (κ2) is 47.5. The second-order valence-electron chi connectivity index (χ2n) is 11.2. The molecule has 55 heavy (non-hydrogen) atoms. The van der Waals surface area contributed by atoms with E-state index in [1.54, 1.807) is 7.05 Å². The zero-order chi connectivity index (χ0) is 40.5. The Morgan fingerprint density at radius 2 is 1.33 bits per heavy atom. The number of likely N-dealkylation sites (N-methyl/N-ethyl adjacent to an activating group) is 1. The second-order valence-corrected chi connectivity index (χ2v) is 11.2. The van der Waals surface area contributed by atoms with Crippen LogP contribution in [0.2, 0.25) is 0 Å². The molecule has 9 N–H and O–H groups in total. The van der Waals surface area contributed by atoms with Crippen LogP contribution in [0.3, 0.4) is 0 Å². The van der Waals surface area contributed by atoms with Gasteiger partial charge in [-0.2, -0.15) is 0 Å². The molecule has 0 heterocycles. The number of carbonyl (C=O) groups excluding carboxylic acids is 5. The number of nitrogens with two attached hydrogens (primary N) is 2. The minimum Gasteiger partial charge on any atom is -0.379 e. The van der Waals surface area contributed by atoms with Crippen LogP contribution in [0, 0.1) is 13.3 Å². The number of aldehydes is 1. The van der Waals surface area contributed by atoms with Crippen molar-refractivity contribution in [1.82, 2.24) is 21.3 Å². The summed E-state index contributed by atoms with van der Waals surface area (Å²) < 4.78 is 21.4. The summed E-state index contributed by atoms with van der Waals surface area (Å²) in [7, 11) is 1.66. The minimum atomic E-state index is -0.555. The monoisotopic (exact) mass is 864 g/mol. The number of benzene rings is 1. The van der Waals surface area contributed by atoms with E-state index in [-0.39, 0.29) is 89.5 Å². The number of ether oxygens (including phenoxy) is 4. The van der Waals surface area contributed by atoms with Gasteiger partial charge < -0.3 is 63.9 Å². The van der Waals surface area contributed by atoms with Crippen LogP contribution in [0.15, 0.2) is 30.3 Å². The summed E-state index contributed by atoms with van der Waals surface area (Å²) in [5, 5.41) is 18.6. The summed E-state index contributed by atoms with van der Waals surface area (Å²) in [4.78, 5) is 58.6. The minimum absolute atomic E-state index is 0. The quantitative estimate of drug-likeness (QED) is 0.0211. The average Bonchev–Trinajstić information content (AvgIpc) is 3.14. The maximum absolute atomic E-state index is 11.7. The number of nitrogens with one attached hydrogen (secondary N) is 4. The van der Waals surface area contributed by atoms with Crippen molar-refractivity contribution < 1.29 is 85.8 Å². The zero-order valence-corrected chi connectivity index (χ0v) is 37.1. The molecule has 1 rings (SSSR count). The molecule has 0 saturated heterocycles. The molecule has 5 amide bonds. The molecule has 0 saturated carbocycles. The van der Waals surface area contributed by atoms with Gasteiger partial charge in [-0.25, -0.2) is 9.68 Å². The van der Waals surface area contributed by atoms with E-state index in [1.807, 2.05) is 65.0 Å². The van der Waals surface area contributed by atoms with Gasteiger partial charge in [-0.15, -0.1) is 0 Å². The van der Waals surface area contributed by atoms with Gasteiger partial charge in [0.1, 0.15) is 12.9 Å². The maximum atomic E-state index is 11.7. The van der Waals surface area contributed by atoms with Gasteiger partial charge in [-0.3, -0.25) is 19.6 Å². The smallest absolute Gasteiger partial charge is 0.312 e. The van der Waals surface area contributed by atoms with Crippen molar-refractivity contribution >= 4 is 30.0 Å². The van der Waals surface area contributed by atoms with Gasteiger partial charge in [-0.05, 0) is 37.8 Å². The Bertz CT molecular complexity index is 1030. The largest absolute Gasteiger partial charge is 0.379 e. The molecule has 0 aliphatic heterocycles. The molecule has 2 atom stereocenters. The van der Waals surface area contributed by atoms with Crippen molar-refractivity contribution in [1.29, 1.82) is 0 Å². The van der Waals surface area contributed by atoms with E-state index in [0.717, 1.165) is 18.3 Å². The van der Waals surface area contributed by atoms with Crippen molar-refractivity contribution in [3.63, 3.8) is 0 Å². The summed E-state index contributed by atoms with van der Waals surface area (Å²) in [5.41, 5.74) is 10.9. The number of hydrogen-bond acceptors (Lipinski definition) is 12. The van der Waals surface area contributed by atoms with Crippen LogP contribution < -0.4 is 32.7 Å². The molecule has 0 spiro atoms. The molecule has 0 bridgehead atoms. The maximum Gasteiger partial charge on any atom is 0.312 e. The first-order valence-corrected chi connectivity index (χ1v) is 18.1. The molecule has 0 fully saturated rings. The summed E-state index contributed by atoms with van der Waals surface area (Å²) >= 11 is 0. The van der Waals surface area contributed by atoms with Crippen LogP contribution >= 0.6 is 0 Å². The third-order valence-electron chi connectivity index (χ3n) is 6.56. The van der Waals surface area contributed by atoms with E-state index in [2.05, 4.69) is 26.2 Å². The Balaban J connectivity index is -0.000000263. The fourth-order valence-electron chi connectivity index (χ4n) is 3.72. The SMILES string of the molecule is CC.CCCC(=O)NCCOCCOCCOCCOCCC(=O)NC(C=O)C(C)C.CNC(CCCNC(N)=O)C(N)=O.OOCc1ccccc1.[CH3-].[Y]. The number of hydrogen-bond donors (Lipinski definition) is 7. The first-order valence-electron chi connectivity index (χ1n) is 18.1. The first-order chi connectivity index (χ1) is 25.5. The van der Waals surface area contributed by atoms with Crippen molar-refractivity contribution in [2.24, 2.45) is 17.4 Å². The third kappa shape index (κ3) is 45.7. The van der Waals surface area contributed by atoms with E-state index in [4.69, 9.17) is 35.7 Å². The average molecular weight is 865 g/mol. The van der Waals surface area contributed by atoms with Crippen LogP contribution in [0.1, 0.15) is 72.3 Å². The molecule has 0 aliphatic carbocycles. The topological polar surface area (TPSA) is 252 Å². The van der Waals surface area contributed by atoms with Crippen LogP contribution in [-0.2, 0) is 82.3 Å². The zero-order valence-electron chi connectivity index (χ0n) is 34.3. The van der Waals surface area contributed by atoms with Gasteiger partial charge in [0.05, 0.1) is 64.9 Å². The predicted octanol–water partition coefficient (Wildman–Crippen LogP) is 2.36. The fourth-order valence-corrected chi connectivity index (χ4v) is 3.72. The molecule has 1 radical (unpaired) electrons. The van der Waals surface area contributed by atoms with Crippen molar-refractivity contribution in [3.8, 4) is 0 Å². The molecule has 18 heteroatoms. The van der Waals surface area contributed by atoms with Crippen molar-refractivity contribution in [2.75, 3.05) is 73.0 Å². The van der Waals surface area contributed by atoms with E-state index in [9.17, 15) is 24.0 Å². The van der Waals surface area contributed by atoms with Crippen LogP contribution in [0.5, 0.6) is 0 Å². The van der Waals surface area contributed by atoms with Gasteiger partial charge in [0.25, 0.3) is 0 Å². The van der Waals surface area contributed by atoms with E-state index < -0.39 is 12.1 Å². The van der Waals surface area contributed by atoms with Crippen molar-refractivity contribution in [2.45, 2.75) is 85.4 Å². The summed E-state index contributed by atoms with van der Waals surface area (Å²) in [5.74, 6) is -0.468. The summed E-state index contributed by atoms with van der Waals surface area (Å²) in [6.45, 7) is 14.4. The van der Waals surface area contributed by atoms with E-state index in [1.165, 1.54) is 0 Å². The predicted molar refractivity (Wildman–Crippen MR) is 209 cm³/mol. The number of urea groups is 1. The van der Waals surface area contributed by atoms with Crippen molar-refractivity contribution in [3.05, 3.63) is 43.3 Å². The molecule has 0 aliphatic rings. The van der Waals surface area contributed by atoms with Gasteiger partial charge in [0.15, 0.2) is 0 Å². The molecule has 2 unspecified atom stereocenters. The molecular formula is C37H71N6O11Y-. The Morgan fingerprint density at radius 1 is 0.800 bits per heavy atom. The van der Waals surface area contributed by atoms with Gasteiger partial charge in [0.2, 0.25) is 17.7 Å². The number of amides is 5. The summed E-state index contributed by atoms with van der Waals surface area (Å²) in [6.07, 6.45) is 3.60. The Kier molecular flexibility index (Phi) is 53.3. The van der Waals surface area contributed by atoms with Gasteiger partial charge in [-0.1, -0.05) is 65.0 Å². The summed E-state index contributed by atoms with van der Waals surface area (Å²) in [6, 6.07) is 8.13. The third-order valence-corrected chi connectivity index (χ3v) is 6.56. The Labute approximate surface area is 354 Å². The van der Waals surface area contributed by atoms with E-state index >= 15 is 0 Å². The Morgan fingerprint density at radius 3 is 1.76 bits per heavy atom. The normalized spacial score (nSPS) is 10.8.